The number of rotatable bonds is 8. The largest absolute Gasteiger partial charge is 0.497 e. The molecule has 19 heavy (non-hydrogen) atoms. The van der Waals surface area contributed by atoms with Gasteiger partial charge in [-0.15, -0.1) is 0 Å². The zero-order valence-electron chi connectivity index (χ0n) is 12.9. The summed E-state index contributed by atoms with van der Waals surface area (Å²) in [6.45, 7) is 6.49. The van der Waals surface area contributed by atoms with E-state index in [4.69, 9.17) is 4.74 Å². The highest BCUT2D eigenvalue weighted by Gasteiger charge is 2.12. The smallest absolute Gasteiger partial charge is 0.118 e. The van der Waals surface area contributed by atoms with Gasteiger partial charge < -0.3 is 15.0 Å². The molecule has 1 unspecified atom stereocenters. The molecule has 3 heteroatoms. The van der Waals surface area contributed by atoms with Crippen molar-refractivity contribution in [3.05, 3.63) is 29.8 Å². The molecule has 108 valence electrons. The Hall–Kier alpha value is -1.06. The fraction of sp³-hybridized carbons (Fsp3) is 0.625. The van der Waals surface area contributed by atoms with Crippen molar-refractivity contribution >= 4 is 0 Å². The average Bonchev–Trinajstić information content (AvgIpc) is 2.37. The number of ether oxygens (including phenoxy) is 1. The maximum atomic E-state index is 5.16. The third-order valence-corrected chi connectivity index (χ3v) is 3.34. The van der Waals surface area contributed by atoms with Gasteiger partial charge in [0.15, 0.2) is 0 Å². The minimum atomic E-state index is 0.596. The van der Waals surface area contributed by atoms with Crippen LogP contribution < -0.4 is 10.1 Å². The van der Waals surface area contributed by atoms with Gasteiger partial charge in [-0.3, -0.25) is 0 Å². The molecule has 0 heterocycles. The first-order valence-corrected chi connectivity index (χ1v) is 7.03. The van der Waals surface area contributed by atoms with Gasteiger partial charge in [-0.05, 0) is 44.1 Å². The van der Waals surface area contributed by atoms with E-state index >= 15 is 0 Å². The lowest BCUT2D eigenvalue weighted by Gasteiger charge is -2.26. The average molecular weight is 264 g/mol. The Morgan fingerprint density at radius 3 is 2.26 bits per heavy atom. The molecular formula is C16H28N2O. The molecule has 0 saturated heterocycles. The van der Waals surface area contributed by atoms with Gasteiger partial charge in [-0.2, -0.15) is 0 Å². The zero-order chi connectivity index (χ0) is 14.3. The molecule has 0 saturated carbocycles. The minimum Gasteiger partial charge on any atom is -0.497 e. The van der Waals surface area contributed by atoms with Gasteiger partial charge in [0.05, 0.1) is 7.11 Å². The first kappa shape index (κ1) is 16.0. The molecule has 1 aromatic carbocycles. The topological polar surface area (TPSA) is 24.5 Å². The van der Waals surface area contributed by atoms with E-state index in [1.54, 1.807) is 7.11 Å². The second-order valence-electron chi connectivity index (χ2n) is 5.73. The quantitative estimate of drug-likeness (QED) is 0.781. The Morgan fingerprint density at radius 2 is 1.79 bits per heavy atom. The molecule has 0 aliphatic carbocycles. The number of hydrogen-bond acceptors (Lipinski definition) is 3. The van der Waals surface area contributed by atoms with E-state index in [0.717, 1.165) is 24.8 Å². The van der Waals surface area contributed by atoms with Gasteiger partial charge in [-0.1, -0.05) is 26.0 Å². The summed E-state index contributed by atoms with van der Waals surface area (Å²) in [6, 6.07) is 8.83. The molecule has 1 atom stereocenters. The van der Waals surface area contributed by atoms with Crippen LogP contribution in [0.15, 0.2) is 24.3 Å². The number of nitrogens with one attached hydrogen (secondary N) is 1. The van der Waals surface area contributed by atoms with Crippen molar-refractivity contribution in [1.29, 1.82) is 0 Å². The molecule has 3 nitrogen and oxygen atoms in total. The first-order valence-electron chi connectivity index (χ1n) is 7.03. The van der Waals surface area contributed by atoms with Crippen molar-refractivity contribution in [2.45, 2.75) is 32.9 Å². The zero-order valence-corrected chi connectivity index (χ0v) is 12.9. The minimum absolute atomic E-state index is 0.596. The lowest BCUT2D eigenvalue weighted by molar-refractivity contribution is 0.246. The van der Waals surface area contributed by atoms with Crippen LogP contribution in [-0.2, 0) is 6.54 Å². The van der Waals surface area contributed by atoms with Gasteiger partial charge in [0, 0.05) is 19.1 Å². The van der Waals surface area contributed by atoms with Crippen LogP contribution in [0.4, 0.5) is 0 Å². The number of hydrogen-bond donors (Lipinski definition) is 1. The fourth-order valence-electron chi connectivity index (χ4n) is 2.15. The van der Waals surface area contributed by atoms with Gasteiger partial charge in [-0.25, -0.2) is 0 Å². The van der Waals surface area contributed by atoms with Crippen LogP contribution in [0.3, 0.4) is 0 Å². The van der Waals surface area contributed by atoms with Crippen LogP contribution in [0.1, 0.15) is 25.8 Å². The molecule has 0 aliphatic rings. The molecule has 0 fully saturated rings. The standard InChI is InChI=1S/C16H28N2O/c1-13(2)10-15(18(3)4)12-17-11-14-6-8-16(19-5)9-7-14/h6-9,13,15,17H,10-12H2,1-5H3. The highest BCUT2D eigenvalue weighted by atomic mass is 16.5. The highest BCUT2D eigenvalue weighted by Crippen LogP contribution is 2.12. The number of benzene rings is 1. The predicted molar refractivity (Wildman–Crippen MR) is 81.6 cm³/mol. The van der Waals surface area contributed by atoms with E-state index in [9.17, 15) is 0 Å². The number of methoxy groups -OCH3 is 1. The summed E-state index contributed by atoms with van der Waals surface area (Å²) < 4.78 is 5.16. The Balaban J connectivity index is 2.38. The summed E-state index contributed by atoms with van der Waals surface area (Å²) in [5.41, 5.74) is 1.29. The van der Waals surface area contributed by atoms with Crippen LogP contribution in [0.5, 0.6) is 5.75 Å². The summed E-state index contributed by atoms with van der Waals surface area (Å²) >= 11 is 0. The summed E-state index contributed by atoms with van der Waals surface area (Å²) in [5, 5.41) is 3.54. The van der Waals surface area contributed by atoms with Crippen LogP contribution in [0.25, 0.3) is 0 Å². The highest BCUT2D eigenvalue weighted by molar-refractivity contribution is 5.26. The molecule has 1 aromatic rings. The molecule has 0 spiro atoms. The molecule has 1 rings (SSSR count). The van der Waals surface area contributed by atoms with Crippen molar-refractivity contribution in [1.82, 2.24) is 10.2 Å². The first-order chi connectivity index (χ1) is 9.02. The van der Waals surface area contributed by atoms with Crippen molar-refractivity contribution in [2.75, 3.05) is 27.7 Å². The van der Waals surface area contributed by atoms with E-state index in [1.807, 2.05) is 12.1 Å². The Morgan fingerprint density at radius 1 is 1.16 bits per heavy atom. The van der Waals surface area contributed by atoms with Crippen LogP contribution in [0, 0.1) is 5.92 Å². The van der Waals surface area contributed by atoms with E-state index in [1.165, 1.54) is 12.0 Å². The summed E-state index contributed by atoms with van der Waals surface area (Å²) in [6.07, 6.45) is 1.22. The predicted octanol–water partition coefficient (Wildman–Crippen LogP) is 2.76. The van der Waals surface area contributed by atoms with Crippen molar-refractivity contribution in [3.8, 4) is 5.75 Å². The SMILES string of the molecule is COc1ccc(CNCC(CC(C)C)N(C)C)cc1. The normalized spacial score (nSPS) is 13.0. The number of nitrogens with zero attached hydrogens (tertiary/aromatic N) is 1. The molecule has 0 bridgehead atoms. The maximum Gasteiger partial charge on any atom is 0.118 e. The molecule has 1 N–H and O–H groups in total. The van der Waals surface area contributed by atoms with E-state index in [-0.39, 0.29) is 0 Å². The van der Waals surface area contributed by atoms with Crippen molar-refractivity contribution < 1.29 is 4.74 Å². The summed E-state index contributed by atoms with van der Waals surface area (Å²) in [5.74, 6) is 1.64. The summed E-state index contributed by atoms with van der Waals surface area (Å²) in [7, 11) is 6.01. The number of likely N-dealkylation sites (N-methyl/N-ethyl adjacent to an activating group) is 1. The van der Waals surface area contributed by atoms with Gasteiger partial charge in [0.2, 0.25) is 0 Å². The third kappa shape index (κ3) is 6.08. The molecule has 0 amide bonds. The van der Waals surface area contributed by atoms with Crippen LogP contribution in [-0.4, -0.2) is 38.7 Å². The molecule has 0 radical (unpaired) electrons. The summed E-state index contributed by atoms with van der Waals surface area (Å²) in [4.78, 5) is 2.31. The molecular weight excluding hydrogens is 236 g/mol. The Bertz CT molecular complexity index is 346. The van der Waals surface area contributed by atoms with Crippen molar-refractivity contribution in [3.63, 3.8) is 0 Å². The second-order valence-corrected chi connectivity index (χ2v) is 5.73. The third-order valence-electron chi connectivity index (χ3n) is 3.34. The van der Waals surface area contributed by atoms with Crippen LogP contribution in [0.2, 0.25) is 0 Å². The molecule has 0 aromatic heterocycles. The van der Waals surface area contributed by atoms with Crippen molar-refractivity contribution in [2.24, 2.45) is 5.92 Å². The molecule has 0 aliphatic heterocycles. The van der Waals surface area contributed by atoms with Crippen LogP contribution >= 0.6 is 0 Å². The monoisotopic (exact) mass is 264 g/mol. The Kier molecular flexibility index (Phi) is 6.89. The van der Waals surface area contributed by atoms with Gasteiger partial charge in [0.25, 0.3) is 0 Å². The van der Waals surface area contributed by atoms with E-state index in [0.29, 0.717) is 6.04 Å². The van der Waals surface area contributed by atoms with E-state index in [2.05, 4.69) is 50.3 Å². The second kappa shape index (κ2) is 8.18. The van der Waals surface area contributed by atoms with E-state index < -0.39 is 0 Å². The van der Waals surface area contributed by atoms with Gasteiger partial charge in [0.1, 0.15) is 5.75 Å². The fourth-order valence-corrected chi connectivity index (χ4v) is 2.15. The lowest BCUT2D eigenvalue weighted by Crippen LogP contribution is -2.38. The van der Waals surface area contributed by atoms with Gasteiger partial charge >= 0.3 is 0 Å². The Labute approximate surface area is 118 Å². The maximum absolute atomic E-state index is 5.16. The lowest BCUT2D eigenvalue weighted by atomic mass is 10.0.